The van der Waals surface area contributed by atoms with Crippen LogP contribution in [-0.2, 0) is 17.4 Å². The molecule has 4 nitrogen and oxygen atoms in total. The molecule has 1 heterocycles. The van der Waals surface area contributed by atoms with Gasteiger partial charge in [0, 0.05) is 6.54 Å². The van der Waals surface area contributed by atoms with E-state index in [1.54, 1.807) is 18.2 Å². The summed E-state index contributed by atoms with van der Waals surface area (Å²) in [4.78, 5) is 11.4. The van der Waals surface area contributed by atoms with E-state index in [1.165, 1.54) is 6.07 Å². The lowest BCUT2D eigenvalue weighted by atomic mass is 9.74. The Morgan fingerprint density at radius 1 is 1.17 bits per heavy atom. The Kier molecular flexibility index (Phi) is 8.48. The Morgan fingerprint density at radius 2 is 1.94 bits per heavy atom. The highest BCUT2D eigenvalue weighted by atomic mass is 19.4. The first-order valence-corrected chi connectivity index (χ1v) is 13.4. The van der Waals surface area contributed by atoms with Crippen LogP contribution in [0.3, 0.4) is 0 Å². The molecule has 2 aromatic rings. The van der Waals surface area contributed by atoms with Crippen molar-refractivity contribution in [3.05, 3.63) is 41.5 Å². The van der Waals surface area contributed by atoms with Gasteiger partial charge in [0.2, 0.25) is 0 Å². The highest BCUT2D eigenvalue weighted by Gasteiger charge is 2.38. The molecular formula is C29H38F3NO3. The fourth-order valence-corrected chi connectivity index (χ4v) is 6.21. The molecule has 0 spiro atoms. The molecule has 7 heteroatoms. The Labute approximate surface area is 211 Å². The molecule has 198 valence electrons. The van der Waals surface area contributed by atoms with Crippen LogP contribution >= 0.6 is 0 Å². The van der Waals surface area contributed by atoms with Gasteiger partial charge in [-0.05, 0) is 98.1 Å². The molecule has 1 aliphatic heterocycles. The Morgan fingerprint density at radius 3 is 2.58 bits per heavy atom. The minimum absolute atomic E-state index is 0.0666. The number of halogens is 3. The molecule has 1 atom stereocenters. The number of piperidine rings is 1. The highest BCUT2D eigenvalue weighted by Crippen LogP contribution is 2.43. The normalized spacial score (nSPS) is 25.1. The largest absolute Gasteiger partial charge is 0.490 e. The number of carboxylic acid groups (broad SMARTS) is 1. The SMILES string of the molecule is CCC1CCC(Oc2ccc3cc(CCC[C@]4(CC(=O)O)CCCNC4)ccc3c2C(F)(F)F)CC1. The standard InChI is InChI=1S/C29H38F3NO3/c1-2-20-6-10-23(11-7-20)36-25-13-9-22-17-21(8-12-24(22)27(25)29(30,31)32)5-3-14-28(18-26(34)35)15-4-16-33-19-28/h8-9,12-13,17,20,23,33H,2-7,10-11,14-16,18-19H2,1H3,(H,34,35)/t20?,23?,28-/m1/s1. The van der Waals surface area contributed by atoms with Gasteiger partial charge in [0.1, 0.15) is 11.3 Å². The summed E-state index contributed by atoms with van der Waals surface area (Å²) in [6, 6.07) is 8.40. The quantitative estimate of drug-likeness (QED) is 0.373. The van der Waals surface area contributed by atoms with Crippen LogP contribution in [0.25, 0.3) is 10.8 Å². The van der Waals surface area contributed by atoms with Gasteiger partial charge in [-0.1, -0.05) is 37.6 Å². The molecule has 2 aromatic carbocycles. The van der Waals surface area contributed by atoms with Crippen LogP contribution in [0, 0.1) is 11.3 Å². The van der Waals surface area contributed by atoms with Gasteiger partial charge in [0.15, 0.2) is 0 Å². The number of benzene rings is 2. The lowest BCUT2D eigenvalue weighted by Gasteiger charge is -2.36. The van der Waals surface area contributed by atoms with E-state index in [9.17, 15) is 23.1 Å². The molecule has 0 unspecified atom stereocenters. The summed E-state index contributed by atoms with van der Waals surface area (Å²) in [7, 11) is 0. The van der Waals surface area contributed by atoms with E-state index < -0.39 is 17.7 Å². The van der Waals surface area contributed by atoms with Crippen LogP contribution in [-0.4, -0.2) is 30.3 Å². The summed E-state index contributed by atoms with van der Waals surface area (Å²) < 4.78 is 48.5. The van der Waals surface area contributed by atoms with Gasteiger partial charge in [0.05, 0.1) is 12.5 Å². The van der Waals surface area contributed by atoms with Gasteiger partial charge >= 0.3 is 12.1 Å². The number of hydrogen-bond acceptors (Lipinski definition) is 3. The molecule has 1 saturated carbocycles. The first-order chi connectivity index (χ1) is 17.2. The molecule has 0 amide bonds. The lowest BCUT2D eigenvalue weighted by molar-refractivity contribution is -0.140. The third-order valence-corrected chi connectivity index (χ3v) is 8.25. The molecule has 2 aliphatic rings. The average Bonchev–Trinajstić information content (AvgIpc) is 2.84. The summed E-state index contributed by atoms with van der Waals surface area (Å²) in [6.45, 7) is 3.78. The third-order valence-electron chi connectivity index (χ3n) is 8.25. The Bertz CT molecular complexity index is 1040. The van der Waals surface area contributed by atoms with Gasteiger partial charge in [-0.3, -0.25) is 4.79 Å². The number of rotatable bonds is 9. The molecule has 2 fully saturated rings. The van der Waals surface area contributed by atoms with Gasteiger partial charge in [-0.25, -0.2) is 0 Å². The highest BCUT2D eigenvalue weighted by molar-refractivity contribution is 5.89. The minimum Gasteiger partial charge on any atom is -0.490 e. The van der Waals surface area contributed by atoms with Crippen LogP contribution in [0.1, 0.15) is 82.3 Å². The van der Waals surface area contributed by atoms with Crippen molar-refractivity contribution in [3.8, 4) is 5.75 Å². The molecule has 0 bridgehead atoms. The number of aryl methyl sites for hydroxylation is 1. The number of nitrogens with one attached hydrogen (secondary N) is 1. The van der Waals surface area contributed by atoms with Crippen molar-refractivity contribution in [3.63, 3.8) is 0 Å². The molecule has 36 heavy (non-hydrogen) atoms. The smallest absolute Gasteiger partial charge is 0.420 e. The van der Waals surface area contributed by atoms with Crippen LogP contribution in [0.15, 0.2) is 30.3 Å². The number of hydrogen-bond donors (Lipinski definition) is 2. The van der Waals surface area contributed by atoms with E-state index in [0.29, 0.717) is 24.3 Å². The zero-order valence-electron chi connectivity index (χ0n) is 21.1. The maximum absolute atomic E-state index is 14.2. The maximum Gasteiger partial charge on any atom is 0.420 e. The lowest BCUT2D eigenvalue weighted by Crippen LogP contribution is -2.41. The van der Waals surface area contributed by atoms with E-state index in [0.717, 1.165) is 69.9 Å². The number of carbonyl (C=O) groups is 1. The zero-order chi connectivity index (χ0) is 25.8. The molecule has 0 aromatic heterocycles. The molecular weight excluding hydrogens is 467 g/mol. The second-order valence-electron chi connectivity index (χ2n) is 10.9. The van der Waals surface area contributed by atoms with Crippen LogP contribution in [0.5, 0.6) is 5.75 Å². The van der Waals surface area contributed by atoms with E-state index in [1.807, 2.05) is 6.07 Å². The van der Waals surface area contributed by atoms with Crippen molar-refractivity contribution in [1.29, 1.82) is 0 Å². The summed E-state index contributed by atoms with van der Waals surface area (Å²) in [5.41, 5.74) is 0.0432. The maximum atomic E-state index is 14.2. The molecule has 0 radical (unpaired) electrons. The fraction of sp³-hybridized carbons (Fsp3) is 0.621. The van der Waals surface area contributed by atoms with Crippen molar-refractivity contribution in [1.82, 2.24) is 5.32 Å². The topological polar surface area (TPSA) is 58.6 Å². The number of aliphatic carboxylic acids is 1. The minimum atomic E-state index is -4.51. The average molecular weight is 506 g/mol. The number of alkyl halides is 3. The molecule has 1 saturated heterocycles. The Hall–Kier alpha value is -2.28. The summed E-state index contributed by atoms with van der Waals surface area (Å²) in [5.74, 6) is -0.195. The van der Waals surface area contributed by atoms with Crippen molar-refractivity contribution < 1.29 is 27.8 Å². The number of carboxylic acids is 1. The second kappa shape index (κ2) is 11.4. The first-order valence-electron chi connectivity index (χ1n) is 13.4. The van der Waals surface area contributed by atoms with E-state index in [4.69, 9.17) is 4.74 Å². The van der Waals surface area contributed by atoms with Crippen molar-refractivity contribution >= 4 is 16.7 Å². The van der Waals surface area contributed by atoms with Crippen molar-refractivity contribution in [2.75, 3.05) is 13.1 Å². The fourth-order valence-electron chi connectivity index (χ4n) is 6.21. The summed E-state index contributed by atoms with van der Waals surface area (Å²) in [5, 5.41) is 13.4. The van der Waals surface area contributed by atoms with E-state index in [2.05, 4.69) is 12.2 Å². The number of ether oxygens (including phenoxy) is 1. The van der Waals surface area contributed by atoms with Crippen molar-refractivity contribution in [2.24, 2.45) is 11.3 Å². The summed E-state index contributed by atoms with van der Waals surface area (Å²) >= 11 is 0. The summed E-state index contributed by atoms with van der Waals surface area (Å²) in [6.07, 6.45) is 4.33. The van der Waals surface area contributed by atoms with Crippen LogP contribution in [0.2, 0.25) is 0 Å². The van der Waals surface area contributed by atoms with Gasteiger partial charge < -0.3 is 15.2 Å². The zero-order valence-corrected chi connectivity index (χ0v) is 21.1. The van der Waals surface area contributed by atoms with E-state index in [-0.39, 0.29) is 29.1 Å². The monoisotopic (exact) mass is 505 g/mol. The molecule has 4 rings (SSSR count). The number of fused-ring (bicyclic) bond motifs is 1. The van der Waals surface area contributed by atoms with E-state index >= 15 is 0 Å². The van der Waals surface area contributed by atoms with Crippen LogP contribution < -0.4 is 10.1 Å². The van der Waals surface area contributed by atoms with Crippen molar-refractivity contribution in [2.45, 2.75) is 89.8 Å². The van der Waals surface area contributed by atoms with Crippen LogP contribution in [0.4, 0.5) is 13.2 Å². The first kappa shape index (κ1) is 26.8. The predicted molar refractivity (Wildman–Crippen MR) is 135 cm³/mol. The Balaban J connectivity index is 1.49. The third kappa shape index (κ3) is 6.53. The molecule has 2 N–H and O–H groups in total. The van der Waals surface area contributed by atoms with Gasteiger partial charge in [-0.2, -0.15) is 13.2 Å². The van der Waals surface area contributed by atoms with Gasteiger partial charge in [0.25, 0.3) is 0 Å². The molecule has 1 aliphatic carbocycles. The van der Waals surface area contributed by atoms with Gasteiger partial charge in [-0.15, -0.1) is 0 Å². The second-order valence-corrected chi connectivity index (χ2v) is 10.9. The predicted octanol–water partition coefficient (Wildman–Crippen LogP) is 7.37.